The zero-order valence-electron chi connectivity index (χ0n) is 9.08. The Hall–Kier alpha value is -0.350. The van der Waals surface area contributed by atoms with Crippen LogP contribution >= 0.6 is 31.9 Å². The molecule has 4 heteroatoms. The van der Waals surface area contributed by atoms with Gasteiger partial charge in [0.25, 0.3) is 0 Å². The maximum Gasteiger partial charge on any atom is 0.333 e. The Morgan fingerprint density at radius 2 is 1.94 bits per heavy atom. The minimum atomic E-state index is -0.772. The fourth-order valence-electron chi connectivity index (χ4n) is 1.28. The summed E-state index contributed by atoms with van der Waals surface area (Å²) in [7, 11) is 0. The summed E-state index contributed by atoms with van der Waals surface area (Å²) in [5.74, 6) is -0.272. The molecule has 0 spiro atoms. The van der Waals surface area contributed by atoms with Gasteiger partial charge in [-0.25, -0.2) is 4.79 Å². The predicted molar refractivity (Wildman–Crippen MR) is 72.0 cm³/mol. The van der Waals surface area contributed by atoms with E-state index in [0.29, 0.717) is 13.0 Å². The lowest BCUT2D eigenvalue weighted by Gasteiger charge is -2.18. The van der Waals surface area contributed by atoms with Crippen LogP contribution in [0.25, 0.3) is 0 Å². The molecule has 0 amide bonds. The molecule has 0 radical (unpaired) electrons. The van der Waals surface area contributed by atoms with Crippen LogP contribution in [-0.4, -0.2) is 15.8 Å². The first-order valence-corrected chi connectivity index (χ1v) is 6.74. The molecule has 0 aliphatic heterocycles. The van der Waals surface area contributed by atoms with E-state index >= 15 is 0 Å². The van der Waals surface area contributed by atoms with Crippen LogP contribution in [0, 0.1) is 0 Å². The summed E-state index contributed by atoms with van der Waals surface area (Å²) in [4.78, 5) is 11.6. The van der Waals surface area contributed by atoms with E-state index in [0.717, 1.165) is 6.42 Å². The van der Waals surface area contributed by atoms with Crippen molar-refractivity contribution in [3.63, 3.8) is 0 Å². The molecule has 0 N–H and O–H groups in total. The van der Waals surface area contributed by atoms with E-state index in [-0.39, 0.29) is 5.97 Å². The minimum Gasteiger partial charge on any atom is -0.464 e. The SMILES string of the molecule is CCOC(=O)C(Br)(Br)CCc1ccccc1. The van der Waals surface area contributed by atoms with Crippen LogP contribution in [-0.2, 0) is 16.0 Å². The molecule has 0 bridgehead atoms. The highest BCUT2D eigenvalue weighted by molar-refractivity contribution is 9.25. The number of aryl methyl sites for hydroxylation is 1. The Labute approximate surface area is 113 Å². The third-order valence-electron chi connectivity index (χ3n) is 2.14. The van der Waals surface area contributed by atoms with Crippen LogP contribution in [0.4, 0.5) is 0 Å². The number of ether oxygens (including phenoxy) is 1. The van der Waals surface area contributed by atoms with Gasteiger partial charge in [-0.1, -0.05) is 62.2 Å². The van der Waals surface area contributed by atoms with E-state index in [1.165, 1.54) is 5.56 Å². The van der Waals surface area contributed by atoms with Gasteiger partial charge in [0.2, 0.25) is 0 Å². The number of halogens is 2. The molecule has 1 aromatic rings. The lowest BCUT2D eigenvalue weighted by molar-refractivity contribution is -0.143. The smallest absolute Gasteiger partial charge is 0.333 e. The van der Waals surface area contributed by atoms with Crippen molar-refractivity contribution >= 4 is 37.8 Å². The number of carbonyl (C=O) groups excluding carboxylic acids is 1. The van der Waals surface area contributed by atoms with Crippen molar-refractivity contribution in [2.45, 2.75) is 23.0 Å². The third-order valence-corrected chi connectivity index (χ3v) is 3.59. The van der Waals surface area contributed by atoms with E-state index in [9.17, 15) is 4.79 Å². The molecule has 0 heterocycles. The van der Waals surface area contributed by atoms with Gasteiger partial charge < -0.3 is 4.74 Å². The molecular formula is C12H14Br2O2. The Balaban J connectivity index is 2.51. The molecule has 0 aliphatic carbocycles. The summed E-state index contributed by atoms with van der Waals surface area (Å²) in [6.45, 7) is 2.19. The standard InChI is InChI=1S/C12H14Br2O2/c1-2-16-11(15)12(13,14)9-8-10-6-4-3-5-7-10/h3-7H,2,8-9H2,1H3. The molecule has 0 saturated carbocycles. The average molecular weight is 350 g/mol. The van der Waals surface area contributed by atoms with Crippen molar-refractivity contribution in [3.05, 3.63) is 35.9 Å². The van der Waals surface area contributed by atoms with Crippen molar-refractivity contribution in [3.8, 4) is 0 Å². The summed E-state index contributed by atoms with van der Waals surface area (Å²) in [5.41, 5.74) is 1.20. The number of esters is 1. The second-order valence-electron chi connectivity index (χ2n) is 3.41. The zero-order chi connectivity index (χ0) is 12.0. The highest BCUT2D eigenvalue weighted by atomic mass is 79.9. The summed E-state index contributed by atoms with van der Waals surface area (Å²) in [6, 6.07) is 10.0. The maximum absolute atomic E-state index is 11.6. The number of hydrogen-bond acceptors (Lipinski definition) is 2. The first-order chi connectivity index (χ1) is 7.56. The molecule has 0 saturated heterocycles. The molecule has 0 unspecified atom stereocenters. The molecule has 2 nitrogen and oxygen atoms in total. The molecular weight excluding hydrogens is 336 g/mol. The van der Waals surface area contributed by atoms with E-state index in [4.69, 9.17) is 4.74 Å². The Morgan fingerprint density at radius 3 is 2.50 bits per heavy atom. The highest BCUT2D eigenvalue weighted by Gasteiger charge is 2.33. The predicted octanol–water partition coefficient (Wildman–Crippen LogP) is 3.67. The number of carbonyl (C=O) groups is 1. The Morgan fingerprint density at radius 1 is 1.31 bits per heavy atom. The van der Waals surface area contributed by atoms with Crippen LogP contribution in [0.3, 0.4) is 0 Å². The largest absolute Gasteiger partial charge is 0.464 e. The van der Waals surface area contributed by atoms with E-state index in [2.05, 4.69) is 31.9 Å². The van der Waals surface area contributed by atoms with Crippen molar-refractivity contribution in [1.82, 2.24) is 0 Å². The second-order valence-corrected chi connectivity index (χ2v) is 7.18. The lowest BCUT2D eigenvalue weighted by Crippen LogP contribution is -2.27. The highest BCUT2D eigenvalue weighted by Crippen LogP contribution is 2.33. The first kappa shape index (κ1) is 13.7. The second kappa shape index (κ2) is 6.40. The molecule has 1 aromatic carbocycles. The molecule has 0 aromatic heterocycles. The lowest BCUT2D eigenvalue weighted by atomic mass is 10.1. The van der Waals surface area contributed by atoms with Crippen molar-refractivity contribution in [1.29, 1.82) is 0 Å². The molecule has 0 aliphatic rings. The van der Waals surface area contributed by atoms with Crippen LogP contribution in [0.5, 0.6) is 0 Å². The van der Waals surface area contributed by atoms with Gasteiger partial charge in [0.15, 0.2) is 3.23 Å². The molecule has 16 heavy (non-hydrogen) atoms. The average Bonchev–Trinajstić information content (AvgIpc) is 2.28. The van der Waals surface area contributed by atoms with Gasteiger partial charge in [0, 0.05) is 0 Å². The summed E-state index contributed by atoms with van der Waals surface area (Å²) in [5, 5.41) is 0. The minimum absolute atomic E-state index is 0.272. The number of rotatable bonds is 5. The quantitative estimate of drug-likeness (QED) is 0.598. The van der Waals surface area contributed by atoms with Gasteiger partial charge in [-0.2, -0.15) is 0 Å². The monoisotopic (exact) mass is 348 g/mol. The first-order valence-electron chi connectivity index (χ1n) is 5.15. The summed E-state index contributed by atoms with van der Waals surface area (Å²) >= 11 is 6.70. The van der Waals surface area contributed by atoms with E-state index < -0.39 is 3.23 Å². The Kier molecular flexibility index (Phi) is 5.49. The Bertz CT molecular complexity index is 336. The topological polar surface area (TPSA) is 26.3 Å². The molecule has 1 rings (SSSR count). The molecule has 0 fully saturated rings. The zero-order valence-corrected chi connectivity index (χ0v) is 12.3. The van der Waals surface area contributed by atoms with Gasteiger partial charge in [-0.3, -0.25) is 0 Å². The van der Waals surface area contributed by atoms with Gasteiger partial charge >= 0.3 is 5.97 Å². The maximum atomic E-state index is 11.6. The van der Waals surface area contributed by atoms with Crippen LogP contribution < -0.4 is 0 Å². The summed E-state index contributed by atoms with van der Waals surface area (Å²) < 4.78 is 4.19. The number of hydrogen-bond donors (Lipinski definition) is 0. The van der Waals surface area contributed by atoms with Gasteiger partial charge in [0.05, 0.1) is 6.61 Å². The van der Waals surface area contributed by atoms with Crippen molar-refractivity contribution < 1.29 is 9.53 Å². The van der Waals surface area contributed by atoms with E-state index in [1.807, 2.05) is 30.3 Å². The summed E-state index contributed by atoms with van der Waals surface area (Å²) in [6.07, 6.45) is 1.46. The normalized spacial score (nSPS) is 11.2. The fraction of sp³-hybridized carbons (Fsp3) is 0.417. The van der Waals surface area contributed by atoms with Crippen LogP contribution in [0.15, 0.2) is 30.3 Å². The van der Waals surface area contributed by atoms with E-state index in [1.54, 1.807) is 6.92 Å². The van der Waals surface area contributed by atoms with Gasteiger partial charge in [-0.15, -0.1) is 0 Å². The fourth-order valence-corrected chi connectivity index (χ4v) is 1.91. The van der Waals surface area contributed by atoms with Crippen LogP contribution in [0.2, 0.25) is 0 Å². The molecule has 88 valence electrons. The van der Waals surface area contributed by atoms with Gasteiger partial charge in [0.1, 0.15) is 0 Å². The van der Waals surface area contributed by atoms with Crippen molar-refractivity contribution in [2.75, 3.05) is 6.61 Å². The number of benzene rings is 1. The number of alkyl halides is 2. The van der Waals surface area contributed by atoms with Crippen molar-refractivity contribution in [2.24, 2.45) is 0 Å². The molecule has 0 atom stereocenters. The van der Waals surface area contributed by atoms with Crippen LogP contribution in [0.1, 0.15) is 18.9 Å². The third kappa shape index (κ3) is 4.26. The van der Waals surface area contributed by atoms with Gasteiger partial charge in [-0.05, 0) is 25.3 Å².